The minimum atomic E-state index is -4.08. The van der Waals surface area contributed by atoms with Gasteiger partial charge in [-0.1, -0.05) is 35.9 Å². The van der Waals surface area contributed by atoms with E-state index in [1.54, 1.807) is 37.3 Å². The second kappa shape index (κ2) is 10.6. The number of benzene rings is 3. The molecule has 1 aliphatic rings. The molecule has 1 fully saturated rings. The number of hydrogen-bond donors (Lipinski definition) is 1. The molecule has 0 aromatic heterocycles. The van der Waals surface area contributed by atoms with E-state index >= 15 is 0 Å². The van der Waals surface area contributed by atoms with E-state index in [-0.39, 0.29) is 15.5 Å². The lowest BCUT2D eigenvalue weighted by molar-refractivity contribution is -0.114. The molecule has 190 valence electrons. The average molecular weight is 548 g/mol. The molecule has 3 aromatic carbocycles. The largest absolute Gasteiger partial charge is 0.325 e. The van der Waals surface area contributed by atoms with Crippen molar-refractivity contribution in [2.75, 3.05) is 29.3 Å². The monoisotopic (exact) mass is 547 g/mol. The first-order chi connectivity index (χ1) is 17.1. The summed E-state index contributed by atoms with van der Waals surface area (Å²) in [7, 11) is -7.65. The van der Waals surface area contributed by atoms with Crippen LogP contribution in [0.5, 0.6) is 0 Å². The number of aryl methyl sites for hydroxylation is 1. The molecule has 1 aliphatic heterocycles. The highest BCUT2D eigenvalue weighted by Gasteiger charge is 2.29. The fraction of sp³-hybridized carbons (Fsp3) is 0.240. The summed E-state index contributed by atoms with van der Waals surface area (Å²) < 4.78 is 54.7. The number of nitrogens with zero attached hydrogens (tertiary/aromatic N) is 2. The van der Waals surface area contributed by atoms with E-state index in [0.29, 0.717) is 23.8 Å². The molecule has 0 unspecified atom stereocenters. The van der Waals surface area contributed by atoms with Crippen molar-refractivity contribution in [2.24, 2.45) is 0 Å². The molecule has 0 radical (unpaired) electrons. The number of anilines is 2. The van der Waals surface area contributed by atoms with Gasteiger partial charge < -0.3 is 5.32 Å². The average Bonchev–Trinajstić information content (AvgIpc) is 3.41. The van der Waals surface area contributed by atoms with Gasteiger partial charge in [-0.2, -0.15) is 4.31 Å². The molecule has 1 saturated heterocycles. The Bertz CT molecular complexity index is 1460. The van der Waals surface area contributed by atoms with Crippen molar-refractivity contribution in [3.05, 3.63) is 83.4 Å². The van der Waals surface area contributed by atoms with Crippen LogP contribution in [-0.4, -0.2) is 46.7 Å². The Morgan fingerprint density at radius 3 is 2.17 bits per heavy atom. The van der Waals surface area contributed by atoms with E-state index in [1.165, 1.54) is 46.8 Å². The number of carbonyl (C=O) groups is 1. The van der Waals surface area contributed by atoms with Gasteiger partial charge in [0.1, 0.15) is 6.54 Å². The molecular formula is C25H26ClN3O5S2. The lowest BCUT2D eigenvalue weighted by Gasteiger charge is -2.24. The van der Waals surface area contributed by atoms with Crippen molar-refractivity contribution in [2.45, 2.75) is 29.6 Å². The summed E-state index contributed by atoms with van der Waals surface area (Å²) in [5.41, 5.74) is 1.36. The van der Waals surface area contributed by atoms with E-state index in [9.17, 15) is 21.6 Å². The molecule has 0 bridgehead atoms. The smallest absolute Gasteiger partial charge is 0.264 e. The summed E-state index contributed by atoms with van der Waals surface area (Å²) in [6, 6.07) is 18.4. The van der Waals surface area contributed by atoms with Crippen LogP contribution in [0.15, 0.2) is 82.6 Å². The Hall–Kier alpha value is -2.92. The van der Waals surface area contributed by atoms with Crippen LogP contribution in [0.4, 0.5) is 11.4 Å². The van der Waals surface area contributed by atoms with E-state index < -0.39 is 32.5 Å². The quantitative estimate of drug-likeness (QED) is 0.453. The van der Waals surface area contributed by atoms with Crippen LogP contribution in [0.3, 0.4) is 0 Å². The molecule has 0 atom stereocenters. The lowest BCUT2D eigenvalue weighted by atomic mass is 10.2. The number of hydrogen-bond acceptors (Lipinski definition) is 5. The number of halogens is 1. The lowest BCUT2D eigenvalue weighted by Crippen LogP contribution is -2.38. The van der Waals surface area contributed by atoms with Gasteiger partial charge in [0.25, 0.3) is 10.0 Å². The fourth-order valence-electron chi connectivity index (χ4n) is 3.89. The van der Waals surface area contributed by atoms with E-state index in [0.717, 1.165) is 22.7 Å². The Morgan fingerprint density at radius 1 is 0.917 bits per heavy atom. The molecule has 1 N–H and O–H groups in total. The molecule has 0 aliphatic carbocycles. The SMILES string of the molecule is Cc1ccc(N(CC(=O)Nc2ccc(S(=O)(=O)N3CCCC3)cc2)S(=O)(=O)c2ccccc2)cc1Cl. The summed E-state index contributed by atoms with van der Waals surface area (Å²) in [5.74, 6) is -0.596. The van der Waals surface area contributed by atoms with Crippen LogP contribution in [0.2, 0.25) is 5.02 Å². The van der Waals surface area contributed by atoms with Gasteiger partial charge in [0, 0.05) is 23.8 Å². The second-order valence-electron chi connectivity index (χ2n) is 8.44. The van der Waals surface area contributed by atoms with Crippen LogP contribution >= 0.6 is 11.6 Å². The second-order valence-corrected chi connectivity index (χ2v) is 12.6. The number of carbonyl (C=O) groups excluding carboxylic acids is 1. The molecule has 11 heteroatoms. The van der Waals surface area contributed by atoms with Crippen molar-refractivity contribution in [1.29, 1.82) is 0 Å². The van der Waals surface area contributed by atoms with Crippen molar-refractivity contribution in [1.82, 2.24) is 4.31 Å². The molecule has 1 heterocycles. The third-order valence-electron chi connectivity index (χ3n) is 5.90. The van der Waals surface area contributed by atoms with Gasteiger partial charge in [0.05, 0.1) is 15.5 Å². The number of nitrogens with one attached hydrogen (secondary N) is 1. The van der Waals surface area contributed by atoms with Gasteiger partial charge in [-0.25, -0.2) is 16.8 Å². The molecule has 8 nitrogen and oxygen atoms in total. The number of sulfonamides is 2. The van der Waals surface area contributed by atoms with Gasteiger partial charge in [-0.3, -0.25) is 9.10 Å². The molecule has 0 saturated carbocycles. The van der Waals surface area contributed by atoms with Crippen LogP contribution in [0.25, 0.3) is 0 Å². The van der Waals surface area contributed by atoms with Gasteiger partial charge >= 0.3 is 0 Å². The maximum Gasteiger partial charge on any atom is 0.264 e. The number of amides is 1. The topological polar surface area (TPSA) is 104 Å². The maximum absolute atomic E-state index is 13.4. The third-order valence-corrected chi connectivity index (χ3v) is 10.0. The highest BCUT2D eigenvalue weighted by molar-refractivity contribution is 7.92. The zero-order valence-corrected chi connectivity index (χ0v) is 22.0. The summed E-state index contributed by atoms with van der Waals surface area (Å²) in [5, 5.41) is 3.02. The van der Waals surface area contributed by atoms with Gasteiger partial charge in [-0.05, 0) is 73.9 Å². The van der Waals surface area contributed by atoms with Crippen LogP contribution in [0.1, 0.15) is 18.4 Å². The van der Waals surface area contributed by atoms with Gasteiger partial charge in [0.15, 0.2) is 0 Å². The molecular weight excluding hydrogens is 522 g/mol. The molecule has 4 rings (SSSR count). The van der Waals surface area contributed by atoms with Crippen LogP contribution < -0.4 is 9.62 Å². The molecule has 0 spiro atoms. The van der Waals surface area contributed by atoms with Gasteiger partial charge in [0.2, 0.25) is 15.9 Å². The normalized spacial score (nSPS) is 14.5. The van der Waals surface area contributed by atoms with E-state index in [1.807, 2.05) is 0 Å². The van der Waals surface area contributed by atoms with Crippen molar-refractivity contribution >= 4 is 48.9 Å². The standard InChI is InChI=1S/C25H26ClN3O5S2/c1-19-9-12-21(17-24(19)26)29(36(33,34)22-7-3-2-4-8-22)18-25(30)27-20-10-13-23(14-11-20)35(31,32)28-15-5-6-16-28/h2-4,7-14,17H,5-6,15-16,18H2,1H3,(H,27,30). The Morgan fingerprint density at radius 2 is 1.56 bits per heavy atom. The van der Waals surface area contributed by atoms with Gasteiger partial charge in [-0.15, -0.1) is 0 Å². The first-order valence-corrected chi connectivity index (χ1v) is 14.6. The first kappa shape index (κ1) is 26.2. The third kappa shape index (κ3) is 5.57. The van der Waals surface area contributed by atoms with Crippen LogP contribution in [-0.2, 0) is 24.8 Å². The minimum Gasteiger partial charge on any atom is -0.325 e. The summed E-state index contributed by atoms with van der Waals surface area (Å²) in [4.78, 5) is 13.1. The van der Waals surface area contributed by atoms with Crippen LogP contribution in [0, 0.1) is 6.92 Å². The van der Waals surface area contributed by atoms with Crippen molar-refractivity contribution in [3.63, 3.8) is 0 Å². The predicted molar refractivity (Wildman–Crippen MR) is 140 cm³/mol. The minimum absolute atomic E-state index is 0.0333. The highest BCUT2D eigenvalue weighted by Crippen LogP contribution is 2.28. The summed E-state index contributed by atoms with van der Waals surface area (Å²) in [6.07, 6.45) is 1.67. The predicted octanol–water partition coefficient (Wildman–Crippen LogP) is 4.27. The number of rotatable bonds is 8. The zero-order valence-electron chi connectivity index (χ0n) is 19.6. The van der Waals surface area contributed by atoms with Crippen molar-refractivity contribution in [3.8, 4) is 0 Å². The molecule has 3 aromatic rings. The van der Waals surface area contributed by atoms with E-state index in [2.05, 4.69) is 5.32 Å². The van der Waals surface area contributed by atoms with E-state index in [4.69, 9.17) is 11.6 Å². The maximum atomic E-state index is 13.4. The summed E-state index contributed by atoms with van der Waals surface area (Å²) in [6.45, 7) is 2.28. The zero-order chi connectivity index (χ0) is 25.9. The van der Waals surface area contributed by atoms with Crippen molar-refractivity contribution < 1.29 is 21.6 Å². The highest BCUT2D eigenvalue weighted by atomic mass is 35.5. The molecule has 1 amide bonds. The Balaban J connectivity index is 1.56. The fourth-order valence-corrected chi connectivity index (χ4v) is 7.02. The Labute approximate surface area is 216 Å². The summed E-state index contributed by atoms with van der Waals surface area (Å²) >= 11 is 6.24. The first-order valence-electron chi connectivity index (χ1n) is 11.3. The Kier molecular flexibility index (Phi) is 7.70. The molecule has 36 heavy (non-hydrogen) atoms.